The normalized spacial score (nSPS) is 11.0. The summed E-state index contributed by atoms with van der Waals surface area (Å²) in [6.45, 7) is 1.18. The number of benzene rings is 2. The van der Waals surface area contributed by atoms with E-state index >= 15 is 0 Å². The molecule has 5 heteroatoms. The van der Waals surface area contributed by atoms with Gasteiger partial charge in [-0.1, -0.05) is 24.3 Å². The van der Waals surface area contributed by atoms with Crippen LogP contribution in [0.15, 0.2) is 60.7 Å². The van der Waals surface area contributed by atoms with Gasteiger partial charge in [-0.05, 0) is 43.9 Å². The van der Waals surface area contributed by atoms with Crippen LogP contribution >= 0.6 is 0 Å². The van der Waals surface area contributed by atoms with Crippen molar-refractivity contribution in [1.82, 2.24) is 4.90 Å². The number of carbonyl (C=O) groups is 1. The Hall–Kier alpha value is -2.63. The zero-order valence-corrected chi connectivity index (χ0v) is 14.0. The summed E-state index contributed by atoms with van der Waals surface area (Å²) in [4.78, 5) is 13.9. The number of nitrogens with zero attached hydrogens (tertiary/aromatic N) is 1. The van der Waals surface area contributed by atoms with Crippen molar-refractivity contribution < 1.29 is 9.53 Å². The monoisotopic (exact) mass is 325 g/mol. The van der Waals surface area contributed by atoms with Crippen LogP contribution in [0.4, 0.5) is 5.69 Å². The molecule has 126 valence electrons. The third-order valence-electron chi connectivity index (χ3n) is 3.21. The van der Waals surface area contributed by atoms with E-state index in [1.165, 1.54) is 6.08 Å². The molecule has 2 rings (SSSR count). The fourth-order valence-corrected chi connectivity index (χ4v) is 2.06. The van der Waals surface area contributed by atoms with Gasteiger partial charge in [-0.15, -0.1) is 0 Å². The van der Waals surface area contributed by atoms with E-state index in [9.17, 15) is 4.79 Å². The smallest absolute Gasteiger partial charge is 0.248 e. The number of ether oxygens (including phenoxy) is 1. The summed E-state index contributed by atoms with van der Waals surface area (Å²) in [6.07, 6.45) is 3.34. The summed E-state index contributed by atoms with van der Waals surface area (Å²) >= 11 is 0. The third kappa shape index (κ3) is 5.87. The van der Waals surface area contributed by atoms with E-state index in [-0.39, 0.29) is 5.91 Å². The number of hydrogen-bond donors (Lipinski definition) is 2. The summed E-state index contributed by atoms with van der Waals surface area (Å²) < 4.78 is 5.82. The lowest BCUT2D eigenvalue weighted by Gasteiger charge is -2.09. The highest BCUT2D eigenvalue weighted by Crippen LogP contribution is 2.24. The van der Waals surface area contributed by atoms with Crippen LogP contribution in [0.2, 0.25) is 0 Å². The Balaban J connectivity index is 2.00. The molecule has 0 unspecified atom stereocenters. The van der Waals surface area contributed by atoms with Crippen molar-refractivity contribution in [2.24, 2.45) is 5.73 Å². The maximum atomic E-state index is 11.9. The Labute approximate surface area is 142 Å². The maximum absolute atomic E-state index is 11.9. The van der Waals surface area contributed by atoms with Crippen LogP contribution in [0, 0.1) is 0 Å². The summed E-state index contributed by atoms with van der Waals surface area (Å²) in [5.74, 6) is 1.20. The van der Waals surface area contributed by atoms with Crippen LogP contribution < -0.4 is 15.8 Å². The van der Waals surface area contributed by atoms with Gasteiger partial charge in [-0.3, -0.25) is 4.79 Å². The van der Waals surface area contributed by atoms with Gasteiger partial charge >= 0.3 is 0 Å². The van der Waals surface area contributed by atoms with Gasteiger partial charge in [0.05, 0.1) is 0 Å². The second-order valence-electron chi connectivity index (χ2n) is 5.64. The third-order valence-corrected chi connectivity index (χ3v) is 3.21. The molecule has 0 bridgehead atoms. The van der Waals surface area contributed by atoms with Crippen molar-refractivity contribution in [3.63, 3.8) is 0 Å². The van der Waals surface area contributed by atoms with E-state index < -0.39 is 0 Å². The summed E-state index contributed by atoms with van der Waals surface area (Å²) in [5, 5.41) is 2.82. The second-order valence-corrected chi connectivity index (χ2v) is 5.64. The van der Waals surface area contributed by atoms with E-state index in [1.807, 2.05) is 67.5 Å². The van der Waals surface area contributed by atoms with Crippen LogP contribution in [0.5, 0.6) is 11.5 Å². The SMILES string of the molecule is CN(C)C/C=C/C(=O)Nc1cccc(Oc2cccc(CN)c2)c1. The lowest BCUT2D eigenvalue weighted by atomic mass is 10.2. The van der Waals surface area contributed by atoms with E-state index in [0.29, 0.717) is 30.3 Å². The molecule has 0 saturated heterocycles. The minimum Gasteiger partial charge on any atom is -0.457 e. The minimum absolute atomic E-state index is 0.167. The molecule has 0 atom stereocenters. The zero-order valence-electron chi connectivity index (χ0n) is 14.0. The molecule has 0 aromatic heterocycles. The van der Waals surface area contributed by atoms with Crippen LogP contribution in [0.3, 0.4) is 0 Å². The summed E-state index contributed by atoms with van der Waals surface area (Å²) in [7, 11) is 3.89. The Morgan fingerprint density at radius 3 is 2.58 bits per heavy atom. The van der Waals surface area contributed by atoms with Gasteiger partial charge < -0.3 is 20.7 Å². The molecule has 2 aromatic carbocycles. The van der Waals surface area contributed by atoms with Gasteiger partial charge in [0.15, 0.2) is 0 Å². The molecule has 0 saturated carbocycles. The van der Waals surface area contributed by atoms with Crippen molar-refractivity contribution in [3.8, 4) is 11.5 Å². The maximum Gasteiger partial charge on any atom is 0.248 e. The molecule has 0 heterocycles. The van der Waals surface area contributed by atoms with E-state index in [0.717, 1.165) is 5.56 Å². The largest absolute Gasteiger partial charge is 0.457 e. The van der Waals surface area contributed by atoms with Crippen molar-refractivity contribution in [2.75, 3.05) is 26.0 Å². The van der Waals surface area contributed by atoms with Crippen molar-refractivity contribution >= 4 is 11.6 Å². The molecule has 5 nitrogen and oxygen atoms in total. The first-order valence-electron chi connectivity index (χ1n) is 7.76. The number of likely N-dealkylation sites (N-methyl/N-ethyl adjacent to an activating group) is 1. The van der Waals surface area contributed by atoms with Gasteiger partial charge in [-0.2, -0.15) is 0 Å². The first-order chi connectivity index (χ1) is 11.6. The summed E-state index contributed by atoms with van der Waals surface area (Å²) in [5.41, 5.74) is 7.32. The number of nitrogens with one attached hydrogen (secondary N) is 1. The molecule has 0 aliphatic rings. The minimum atomic E-state index is -0.167. The van der Waals surface area contributed by atoms with Gasteiger partial charge in [0.2, 0.25) is 5.91 Å². The molecular formula is C19H23N3O2. The predicted molar refractivity (Wildman–Crippen MR) is 97.2 cm³/mol. The Morgan fingerprint density at radius 1 is 1.17 bits per heavy atom. The number of carbonyl (C=O) groups excluding carboxylic acids is 1. The van der Waals surface area contributed by atoms with Crippen LogP contribution in [-0.2, 0) is 11.3 Å². The second kappa shape index (κ2) is 8.86. The Morgan fingerprint density at radius 2 is 1.88 bits per heavy atom. The molecular weight excluding hydrogens is 302 g/mol. The molecule has 2 aromatic rings. The molecule has 0 radical (unpaired) electrons. The first-order valence-corrected chi connectivity index (χ1v) is 7.76. The van der Waals surface area contributed by atoms with Crippen molar-refractivity contribution in [1.29, 1.82) is 0 Å². The predicted octanol–water partition coefficient (Wildman–Crippen LogP) is 2.99. The fraction of sp³-hybridized carbons (Fsp3) is 0.211. The van der Waals surface area contributed by atoms with Gasteiger partial charge in [0.1, 0.15) is 11.5 Å². The molecule has 0 aliphatic carbocycles. The lowest BCUT2D eigenvalue weighted by Crippen LogP contribution is -2.12. The molecule has 0 aliphatic heterocycles. The molecule has 24 heavy (non-hydrogen) atoms. The van der Waals surface area contributed by atoms with Crippen LogP contribution in [0.1, 0.15) is 5.56 Å². The Bertz CT molecular complexity index is 711. The number of rotatable bonds is 7. The fourth-order valence-electron chi connectivity index (χ4n) is 2.06. The van der Waals surface area contributed by atoms with Gasteiger partial charge in [0.25, 0.3) is 0 Å². The highest BCUT2D eigenvalue weighted by atomic mass is 16.5. The zero-order chi connectivity index (χ0) is 17.4. The highest BCUT2D eigenvalue weighted by molar-refractivity contribution is 5.99. The van der Waals surface area contributed by atoms with E-state index in [1.54, 1.807) is 6.07 Å². The topological polar surface area (TPSA) is 67.6 Å². The molecule has 0 fully saturated rings. The molecule has 0 spiro atoms. The van der Waals surface area contributed by atoms with E-state index in [2.05, 4.69) is 5.32 Å². The standard InChI is InChI=1S/C19H23N3O2/c1-22(2)11-5-10-19(23)21-16-7-4-9-18(13-16)24-17-8-3-6-15(12-17)14-20/h3-10,12-13H,11,14,20H2,1-2H3,(H,21,23)/b10-5+. The number of amides is 1. The van der Waals surface area contributed by atoms with Gasteiger partial charge in [-0.25, -0.2) is 0 Å². The Kier molecular flexibility index (Phi) is 6.54. The molecule has 3 N–H and O–H groups in total. The highest BCUT2D eigenvalue weighted by Gasteiger charge is 2.02. The number of hydrogen-bond acceptors (Lipinski definition) is 4. The summed E-state index contributed by atoms with van der Waals surface area (Å²) in [6, 6.07) is 14.9. The lowest BCUT2D eigenvalue weighted by molar-refractivity contribution is -0.111. The van der Waals surface area contributed by atoms with Crippen LogP contribution in [-0.4, -0.2) is 31.4 Å². The average molecular weight is 325 g/mol. The quantitative estimate of drug-likeness (QED) is 0.768. The number of anilines is 1. The number of nitrogens with two attached hydrogens (primary N) is 1. The van der Waals surface area contributed by atoms with Gasteiger partial charge in [0, 0.05) is 30.9 Å². The van der Waals surface area contributed by atoms with Crippen LogP contribution in [0.25, 0.3) is 0 Å². The van der Waals surface area contributed by atoms with Crippen molar-refractivity contribution in [3.05, 3.63) is 66.2 Å². The first kappa shape index (κ1) is 17.7. The van der Waals surface area contributed by atoms with E-state index in [4.69, 9.17) is 10.5 Å². The average Bonchev–Trinajstić information content (AvgIpc) is 2.55. The molecule has 1 amide bonds. The van der Waals surface area contributed by atoms with Crippen molar-refractivity contribution in [2.45, 2.75) is 6.54 Å².